The quantitative estimate of drug-likeness (QED) is 0.793. The number of fused-ring (bicyclic) bond motifs is 1. The SMILES string of the molecule is COc1ccc(-n2ncc3c2C(C)(C)CCN(C2C4CC5CC2CC(O)(C5)C4)C3=O)cc1. The van der Waals surface area contributed by atoms with Crippen LogP contribution in [0, 0.1) is 17.8 Å². The van der Waals surface area contributed by atoms with Gasteiger partial charge in [0.1, 0.15) is 5.75 Å². The highest BCUT2D eigenvalue weighted by molar-refractivity contribution is 5.96. The first kappa shape index (κ1) is 20.3. The van der Waals surface area contributed by atoms with Gasteiger partial charge in [0.05, 0.1) is 35.9 Å². The molecule has 1 aromatic heterocycles. The topological polar surface area (TPSA) is 67.6 Å². The number of aromatic nitrogens is 2. The van der Waals surface area contributed by atoms with Gasteiger partial charge in [-0.05, 0) is 80.5 Å². The molecule has 0 saturated heterocycles. The Bertz CT molecular complexity index is 1040. The number of rotatable bonds is 3. The molecule has 6 nitrogen and oxygen atoms in total. The van der Waals surface area contributed by atoms with E-state index in [0.29, 0.717) is 17.8 Å². The lowest BCUT2D eigenvalue weighted by molar-refractivity contribution is -0.154. The second kappa shape index (κ2) is 6.83. The largest absolute Gasteiger partial charge is 0.497 e. The maximum atomic E-state index is 14.0. The van der Waals surface area contributed by atoms with E-state index in [1.165, 1.54) is 0 Å². The van der Waals surface area contributed by atoms with Crippen LogP contribution in [0.3, 0.4) is 0 Å². The van der Waals surface area contributed by atoms with Gasteiger partial charge in [0, 0.05) is 18.0 Å². The van der Waals surface area contributed by atoms with Crippen LogP contribution in [0.2, 0.25) is 0 Å². The third-order valence-electron chi connectivity index (χ3n) is 8.75. The molecule has 6 heteroatoms. The number of benzene rings is 1. The van der Waals surface area contributed by atoms with E-state index in [1.54, 1.807) is 13.3 Å². The maximum absolute atomic E-state index is 14.0. The molecule has 1 aromatic carbocycles. The van der Waals surface area contributed by atoms with Crippen molar-refractivity contribution in [2.75, 3.05) is 13.7 Å². The third kappa shape index (κ3) is 2.95. The number of carbonyl (C=O) groups is 1. The van der Waals surface area contributed by atoms with Crippen molar-refractivity contribution in [3.63, 3.8) is 0 Å². The molecule has 2 atom stereocenters. The van der Waals surface area contributed by atoms with Crippen molar-refractivity contribution in [1.82, 2.24) is 14.7 Å². The van der Waals surface area contributed by atoms with Gasteiger partial charge in [-0.15, -0.1) is 0 Å². The van der Waals surface area contributed by atoms with Crippen molar-refractivity contribution in [3.8, 4) is 11.4 Å². The summed E-state index contributed by atoms with van der Waals surface area (Å²) in [7, 11) is 1.66. The van der Waals surface area contributed by atoms with Crippen molar-refractivity contribution < 1.29 is 14.6 Å². The molecule has 4 fully saturated rings. The van der Waals surface area contributed by atoms with Crippen LogP contribution in [0.15, 0.2) is 30.5 Å². The molecular weight excluding hydrogens is 402 g/mol. The smallest absolute Gasteiger partial charge is 0.257 e. The van der Waals surface area contributed by atoms with Crippen LogP contribution in [0.4, 0.5) is 0 Å². The second-order valence-corrected chi connectivity index (χ2v) is 11.3. The number of methoxy groups -OCH3 is 1. The molecule has 4 aliphatic carbocycles. The number of amides is 1. The molecule has 5 aliphatic rings. The Morgan fingerprint density at radius 3 is 2.41 bits per heavy atom. The Hall–Kier alpha value is -2.34. The minimum atomic E-state index is -0.481. The molecule has 4 saturated carbocycles. The number of hydrogen-bond acceptors (Lipinski definition) is 4. The summed E-state index contributed by atoms with van der Waals surface area (Å²) in [5.41, 5.74) is 2.01. The van der Waals surface area contributed by atoms with E-state index < -0.39 is 5.60 Å². The number of carbonyl (C=O) groups excluding carboxylic acids is 1. The molecular formula is C26H33N3O3. The maximum Gasteiger partial charge on any atom is 0.257 e. The molecule has 4 bridgehead atoms. The van der Waals surface area contributed by atoms with Crippen LogP contribution >= 0.6 is 0 Å². The van der Waals surface area contributed by atoms with Gasteiger partial charge in [-0.25, -0.2) is 4.68 Å². The van der Waals surface area contributed by atoms with Crippen LogP contribution < -0.4 is 4.74 Å². The van der Waals surface area contributed by atoms with Crippen molar-refractivity contribution in [2.45, 2.75) is 69.4 Å². The summed E-state index contributed by atoms with van der Waals surface area (Å²) >= 11 is 0. The molecule has 7 rings (SSSR count). The number of aliphatic hydroxyl groups is 1. The zero-order valence-corrected chi connectivity index (χ0v) is 19.3. The van der Waals surface area contributed by atoms with Gasteiger partial charge < -0.3 is 14.7 Å². The van der Waals surface area contributed by atoms with E-state index in [-0.39, 0.29) is 17.4 Å². The first-order valence-electron chi connectivity index (χ1n) is 12.0. The van der Waals surface area contributed by atoms with Gasteiger partial charge in [0.25, 0.3) is 5.91 Å². The van der Waals surface area contributed by atoms with Crippen molar-refractivity contribution in [2.24, 2.45) is 17.8 Å². The van der Waals surface area contributed by atoms with Gasteiger partial charge in [0.2, 0.25) is 0 Å². The van der Waals surface area contributed by atoms with Crippen LogP contribution in [-0.2, 0) is 5.41 Å². The Kier molecular flexibility index (Phi) is 4.33. The van der Waals surface area contributed by atoms with Crippen LogP contribution in [-0.4, -0.2) is 51.0 Å². The van der Waals surface area contributed by atoms with Crippen LogP contribution in [0.25, 0.3) is 5.69 Å². The third-order valence-corrected chi connectivity index (χ3v) is 8.75. The zero-order valence-electron chi connectivity index (χ0n) is 19.3. The fraction of sp³-hybridized carbons (Fsp3) is 0.615. The summed E-state index contributed by atoms with van der Waals surface area (Å²) in [4.78, 5) is 16.1. The molecule has 1 aliphatic heterocycles. The number of ether oxygens (including phenoxy) is 1. The minimum absolute atomic E-state index is 0.120. The standard InChI is InChI=1S/C26H33N3O3/c1-25(2)8-9-28(22-17-10-16-11-18(22)14-26(31,12-16)13-17)24(30)21-15-27-29(23(21)25)19-4-6-20(32-3)7-5-19/h4-7,15-18,22,31H,8-14H2,1-3H3. The Morgan fingerprint density at radius 1 is 1.09 bits per heavy atom. The van der Waals surface area contributed by atoms with E-state index >= 15 is 0 Å². The Balaban J connectivity index is 1.38. The summed E-state index contributed by atoms with van der Waals surface area (Å²) in [6, 6.07) is 8.10. The minimum Gasteiger partial charge on any atom is -0.497 e. The monoisotopic (exact) mass is 435 g/mol. The number of nitrogens with zero attached hydrogens (tertiary/aromatic N) is 3. The van der Waals surface area contributed by atoms with Gasteiger partial charge in [0.15, 0.2) is 0 Å². The lowest BCUT2D eigenvalue weighted by atomic mass is 9.52. The average molecular weight is 436 g/mol. The summed E-state index contributed by atoms with van der Waals surface area (Å²) in [6.07, 6.45) is 7.67. The van der Waals surface area contributed by atoms with Crippen LogP contribution in [0.5, 0.6) is 5.75 Å². The van der Waals surface area contributed by atoms with E-state index in [0.717, 1.165) is 67.8 Å². The fourth-order valence-corrected chi connectivity index (χ4v) is 7.60. The molecule has 1 N–H and O–H groups in total. The Labute approximate surface area is 189 Å². The van der Waals surface area contributed by atoms with Crippen LogP contribution in [0.1, 0.15) is 68.4 Å². The Morgan fingerprint density at radius 2 is 1.78 bits per heavy atom. The predicted octanol–water partition coefficient (Wildman–Crippen LogP) is 3.94. The van der Waals surface area contributed by atoms with Gasteiger partial charge in [-0.3, -0.25) is 4.79 Å². The highest BCUT2D eigenvalue weighted by atomic mass is 16.5. The molecule has 0 radical (unpaired) electrons. The van der Waals surface area contributed by atoms with Gasteiger partial charge in [-0.2, -0.15) is 5.10 Å². The normalized spacial score (nSPS) is 35.0. The lowest BCUT2D eigenvalue weighted by Gasteiger charge is -2.60. The van der Waals surface area contributed by atoms with Crippen molar-refractivity contribution >= 4 is 5.91 Å². The fourth-order valence-electron chi connectivity index (χ4n) is 7.60. The van der Waals surface area contributed by atoms with Gasteiger partial charge in [-0.1, -0.05) is 13.8 Å². The van der Waals surface area contributed by atoms with Crippen molar-refractivity contribution in [3.05, 3.63) is 41.7 Å². The van der Waals surface area contributed by atoms with Crippen molar-refractivity contribution in [1.29, 1.82) is 0 Å². The average Bonchev–Trinajstić information content (AvgIpc) is 3.17. The first-order chi connectivity index (χ1) is 15.3. The lowest BCUT2D eigenvalue weighted by Crippen LogP contribution is -2.62. The zero-order chi connectivity index (χ0) is 22.3. The van der Waals surface area contributed by atoms with E-state index in [2.05, 4.69) is 23.8 Å². The number of hydrogen-bond donors (Lipinski definition) is 1. The molecule has 0 spiro atoms. The summed E-state index contributed by atoms with van der Waals surface area (Å²) in [5.74, 6) is 2.42. The molecule has 2 heterocycles. The van der Waals surface area contributed by atoms with E-state index in [1.807, 2.05) is 28.9 Å². The highest BCUT2D eigenvalue weighted by Crippen LogP contribution is 2.57. The molecule has 2 unspecified atom stereocenters. The summed E-state index contributed by atoms with van der Waals surface area (Å²) < 4.78 is 7.24. The predicted molar refractivity (Wildman–Crippen MR) is 121 cm³/mol. The molecule has 170 valence electrons. The second-order valence-electron chi connectivity index (χ2n) is 11.3. The van der Waals surface area contributed by atoms with E-state index in [9.17, 15) is 9.90 Å². The summed E-state index contributed by atoms with van der Waals surface area (Å²) in [6.45, 7) is 5.22. The first-order valence-corrected chi connectivity index (χ1v) is 12.0. The van der Waals surface area contributed by atoms with Gasteiger partial charge >= 0.3 is 0 Å². The van der Waals surface area contributed by atoms with E-state index in [4.69, 9.17) is 4.74 Å². The molecule has 2 aromatic rings. The molecule has 32 heavy (non-hydrogen) atoms. The molecule has 1 amide bonds. The highest BCUT2D eigenvalue weighted by Gasteiger charge is 2.57. The summed E-state index contributed by atoms with van der Waals surface area (Å²) in [5, 5.41) is 15.7.